The number of ether oxygens (including phenoxy) is 2. The van der Waals surface area contributed by atoms with E-state index in [2.05, 4.69) is 233 Å². The number of nitrogens with zero attached hydrogens (tertiary/aromatic N) is 2. The zero-order valence-electron chi connectivity index (χ0n) is 36.0. The molecule has 0 saturated carbocycles. The number of nitrogens with two attached hydrogens (primary N) is 1. The molecule has 73 heavy (non-hydrogen) atoms. The third-order valence-electron chi connectivity index (χ3n) is 8.01. The Morgan fingerprint density at radius 3 is 1.48 bits per heavy atom. The first-order valence-corrected chi connectivity index (χ1v) is 137. The molecule has 6 aromatic rings. The molecular formula is C37H39Br2ClI19N4O8S2-. The molecule has 422 valence electrons. The van der Waals surface area contributed by atoms with Crippen molar-refractivity contribution in [2.45, 2.75) is 43.9 Å². The van der Waals surface area contributed by atoms with Crippen LogP contribution in [-0.2, 0) is 31.9 Å². The van der Waals surface area contributed by atoms with Crippen molar-refractivity contribution in [3.05, 3.63) is 117 Å². The normalized spacial score (nSPS) is 12.6. The fraction of sp³-hybridized carbons (Fsp3) is 0.189. The maximum Gasteiger partial charge on any atom is 0.222 e. The van der Waals surface area contributed by atoms with E-state index in [9.17, 15) is 16.8 Å². The van der Waals surface area contributed by atoms with Crippen LogP contribution in [0, 0.1) is 0 Å². The van der Waals surface area contributed by atoms with E-state index >= 15 is 0 Å². The first-order chi connectivity index (χ1) is 33.8. The van der Waals surface area contributed by atoms with Gasteiger partial charge in [0, 0.05) is 42.9 Å². The van der Waals surface area contributed by atoms with Gasteiger partial charge in [-0.05, 0) is 60.4 Å². The van der Waals surface area contributed by atoms with Gasteiger partial charge in [-0.2, -0.15) is 0 Å². The van der Waals surface area contributed by atoms with E-state index < -0.39 is 27.0 Å². The summed E-state index contributed by atoms with van der Waals surface area (Å²) in [4.78, 5) is 0.0826. The molecule has 0 aliphatic rings. The molecule has 0 unspecified atom stereocenters. The van der Waals surface area contributed by atoms with Gasteiger partial charge in [0.1, 0.15) is 32.7 Å². The Bertz CT molecular complexity index is 2890. The molecule has 2 aromatic heterocycles. The number of halogens is 22. The Balaban J connectivity index is 0.000000345. The monoisotopic (exact) mass is 3340 g/mol. The van der Waals surface area contributed by atoms with Gasteiger partial charge in [0.15, 0.2) is 0 Å². The molecule has 0 bridgehead atoms. The Morgan fingerprint density at radius 2 is 1.07 bits per heavy atom. The first kappa shape index (κ1) is 78.6. The second-order valence-electron chi connectivity index (χ2n) is 12.2. The van der Waals surface area contributed by atoms with Crippen LogP contribution in [0.5, 0.6) is 11.5 Å². The van der Waals surface area contributed by atoms with Gasteiger partial charge in [0.05, 0.1) is 14.2 Å². The van der Waals surface area contributed by atoms with Crippen molar-refractivity contribution < 1.29 is 48.6 Å². The molecular weight excluding hydrogens is 3300 g/mol. The molecule has 0 fully saturated rings. The number of benzene rings is 4. The minimum Gasteiger partial charge on any atom is -0.368 e. The van der Waals surface area contributed by atoms with E-state index in [-0.39, 0.29) is 89.9 Å². The fourth-order valence-electron chi connectivity index (χ4n) is 4.87. The molecule has 0 atom stereocenters. The minimum absolute atomic E-state index is 0. The van der Waals surface area contributed by atoms with Gasteiger partial charge in [0.25, 0.3) is 19.1 Å². The number of rotatable bonds is 18. The molecule has 0 aliphatic carbocycles. The molecule has 4 aromatic carbocycles. The number of hydrogen-bond acceptors (Lipinski definition) is 11. The van der Waals surface area contributed by atoms with Gasteiger partial charge >= 0.3 is 263 Å². The number of anilines is 2. The standard InChI is InChI=1S/C18H17BrN2O4S.C9H7BrN2O.C9H11ClO3S.CH4.I19/c1-3-12-8-9-16(24-2)17(10-12)26(22,23)21-18-11-15(20-25-18)13-6-4-5-7-14(13)19;10-7-4-2-1-3-6(7)8-5-9(11)13-12-8;1-3-7-4-5-8(13-2)9(6-7)14(10,11)12;;1-11-13(4)15(6)17(8)19(10)18(9)16(7)14(5)12(2)3/h4-11,21H,3H2,1-2H3;1-5H,11H2;4-6H,3H2,1-2H3;1H4;/q;;;;-1. The Morgan fingerprint density at radius 1 is 0.644 bits per heavy atom. The van der Waals surface area contributed by atoms with Crippen LogP contribution in [0.25, 0.3) is 22.5 Å². The van der Waals surface area contributed by atoms with Gasteiger partial charge in [-0.25, -0.2) is 21.6 Å². The number of methoxy groups -OCH3 is 2. The SMILES string of the molecule is C.CCc1ccc(OC)c(S(=O)(=O)Cl)c1.CCc1ccc(OC)c(S(=O)(=O)Nc2cc(-c3ccccc3Br)no2)c1.I[I-]I(I)I(I)I(I)I(I)I(I)I(I)I(I)I(I)I.Nc1cc(-c2ccccc2Br)no1. The van der Waals surface area contributed by atoms with Crippen LogP contribution in [0.1, 0.15) is 32.4 Å². The molecule has 2 heterocycles. The molecule has 36 heteroatoms. The number of nitrogen functional groups attached to an aromatic ring is 1. The molecule has 0 aliphatic heterocycles. The Kier molecular flexibility index (Phi) is 44.2. The van der Waals surface area contributed by atoms with Crippen molar-refractivity contribution in [1.82, 2.24) is 10.3 Å². The van der Waals surface area contributed by atoms with Crippen LogP contribution in [0.2, 0.25) is 0 Å². The predicted molar refractivity (Wildman–Crippen MR) is 471 cm³/mol. The van der Waals surface area contributed by atoms with E-state index in [1.165, 1.54) is 26.4 Å². The van der Waals surface area contributed by atoms with Crippen LogP contribution in [0.4, 0.5) is 11.8 Å². The van der Waals surface area contributed by atoms with Crippen molar-refractivity contribution in [3.63, 3.8) is 0 Å². The number of hydrogen-bond donors (Lipinski definition) is 2. The third-order valence-corrected chi connectivity index (χ3v) is 1250. The Labute approximate surface area is 583 Å². The summed E-state index contributed by atoms with van der Waals surface area (Å²) < 4.78 is 72.1. The summed E-state index contributed by atoms with van der Waals surface area (Å²) in [5.74, 6) is 0.892. The summed E-state index contributed by atoms with van der Waals surface area (Å²) in [5.41, 5.74) is 10.2. The fourth-order valence-corrected chi connectivity index (χ4v) is 2730. The number of nitrogens with one attached hydrogen (secondary N) is 1. The topological polar surface area (TPSA) is 177 Å². The first-order valence-electron chi connectivity index (χ1n) is 18.3. The van der Waals surface area contributed by atoms with Gasteiger partial charge in [-0.15, -0.1) is 0 Å². The average molecular weight is 3340 g/mol. The van der Waals surface area contributed by atoms with Crippen molar-refractivity contribution >= 4 is 323 Å². The number of sulfonamides is 1. The smallest absolute Gasteiger partial charge is 0.222 e. The molecule has 3 N–H and O–H groups in total. The van der Waals surface area contributed by atoms with E-state index in [1.54, 1.807) is 24.3 Å². The van der Waals surface area contributed by atoms with Crippen LogP contribution < -0.4 is 33.2 Å². The second kappa shape index (κ2) is 41.0. The average Bonchev–Trinajstić information content (AvgIpc) is 4.02. The zero-order chi connectivity index (χ0) is 54.1. The molecule has 12 nitrogen and oxygen atoms in total. The molecule has 0 radical (unpaired) electrons. The van der Waals surface area contributed by atoms with Crippen LogP contribution in [0.3, 0.4) is 0 Å². The summed E-state index contributed by atoms with van der Waals surface area (Å²) in [6.07, 6.45) is 1.46. The van der Waals surface area contributed by atoms with E-state index in [4.69, 9.17) is 34.9 Å². The maximum absolute atomic E-state index is 12.8. The van der Waals surface area contributed by atoms with Gasteiger partial charge in [0.2, 0.25) is 11.8 Å². The second-order valence-corrected chi connectivity index (χ2v) is 424. The number of aryl methyl sites for hydroxylation is 2. The summed E-state index contributed by atoms with van der Waals surface area (Å²) in [5, 5.41) is 7.76. The maximum atomic E-state index is 12.8. The van der Waals surface area contributed by atoms with E-state index in [0.717, 1.165) is 43.3 Å². The summed E-state index contributed by atoms with van der Waals surface area (Å²) in [7, 11) is -2.50. The van der Waals surface area contributed by atoms with Crippen molar-refractivity contribution in [3.8, 4) is 34.0 Å². The van der Waals surface area contributed by atoms with Crippen LogP contribution in [-0.4, -0.2) is 41.4 Å². The minimum atomic E-state index is -3.89. The largest absolute Gasteiger partial charge is 0.368 e. The molecule has 6 rings (SSSR count). The quantitative estimate of drug-likeness (QED) is 0.0618. The Hall–Kier alpha value is 9.52. The summed E-state index contributed by atoms with van der Waals surface area (Å²) in [6.45, 7) is 3.89. The van der Waals surface area contributed by atoms with Crippen molar-refractivity contribution in [2.24, 2.45) is 0 Å². The van der Waals surface area contributed by atoms with Crippen LogP contribution >= 0.6 is 292 Å². The van der Waals surface area contributed by atoms with Gasteiger partial charge < -0.3 is 24.3 Å². The summed E-state index contributed by atoms with van der Waals surface area (Å²) >= 11 is 37.8. The van der Waals surface area contributed by atoms with E-state index in [0.29, 0.717) is 31.3 Å². The van der Waals surface area contributed by atoms with Crippen molar-refractivity contribution in [1.29, 1.82) is 0 Å². The molecule has 0 amide bonds. The van der Waals surface area contributed by atoms with Crippen LogP contribution in [0.15, 0.2) is 125 Å². The molecule has 0 spiro atoms. The van der Waals surface area contributed by atoms with Crippen molar-refractivity contribution in [2.75, 3.05) is 24.7 Å². The molecule has 0 saturated heterocycles. The zero-order valence-corrected chi connectivity index (χ0v) is 82.6. The summed E-state index contributed by atoms with van der Waals surface area (Å²) in [6, 6.07) is 28.5. The van der Waals surface area contributed by atoms with Gasteiger partial charge in [-0.1, -0.05) is 112 Å². The van der Waals surface area contributed by atoms with E-state index in [1.807, 2.05) is 74.5 Å². The third kappa shape index (κ3) is 26.9. The predicted octanol–water partition coefficient (Wildman–Crippen LogP) is 22.9. The van der Waals surface area contributed by atoms with Gasteiger partial charge in [-0.3, -0.25) is 0 Å². The number of aromatic nitrogens is 2.